The fourth-order valence-electron chi connectivity index (χ4n) is 3.72. The molecule has 5 rings (SSSR count). The van der Waals surface area contributed by atoms with Crippen molar-refractivity contribution in [3.05, 3.63) is 42.7 Å². The van der Waals surface area contributed by atoms with E-state index in [1.54, 1.807) is 23.5 Å². The molecule has 31 heavy (non-hydrogen) atoms. The summed E-state index contributed by atoms with van der Waals surface area (Å²) in [5.74, 6) is 0.868. The molecule has 2 N–H and O–H groups in total. The number of nitrogens with zero attached hydrogens (tertiary/aromatic N) is 6. The first-order valence-electron chi connectivity index (χ1n) is 10.2. The Balaban J connectivity index is 1.30. The first-order valence-corrected chi connectivity index (χ1v) is 11.0. The van der Waals surface area contributed by atoms with Gasteiger partial charge in [0.05, 0.1) is 30.4 Å². The fraction of sp³-hybridized carbons (Fsp3) is 0.350. The van der Waals surface area contributed by atoms with Crippen LogP contribution in [0.25, 0.3) is 16.9 Å². The van der Waals surface area contributed by atoms with E-state index in [2.05, 4.69) is 29.9 Å². The summed E-state index contributed by atoms with van der Waals surface area (Å²) in [5, 5.41) is 11.1. The van der Waals surface area contributed by atoms with Crippen molar-refractivity contribution in [2.75, 3.05) is 25.0 Å². The molecule has 4 aromatic rings. The van der Waals surface area contributed by atoms with Crippen molar-refractivity contribution in [1.29, 1.82) is 0 Å². The van der Waals surface area contributed by atoms with Crippen LogP contribution in [0.3, 0.4) is 0 Å². The highest BCUT2D eigenvalue weighted by Gasteiger charge is 2.30. The van der Waals surface area contributed by atoms with Gasteiger partial charge in [-0.3, -0.25) is 9.50 Å². The molecule has 1 unspecified atom stereocenters. The van der Waals surface area contributed by atoms with E-state index in [1.807, 2.05) is 29.8 Å². The van der Waals surface area contributed by atoms with Crippen LogP contribution in [0.4, 0.5) is 15.6 Å². The molecule has 0 aliphatic carbocycles. The molecule has 0 spiro atoms. The second-order valence-corrected chi connectivity index (χ2v) is 8.19. The van der Waals surface area contributed by atoms with Gasteiger partial charge in [-0.1, -0.05) is 6.92 Å². The van der Waals surface area contributed by atoms with Gasteiger partial charge in [0.2, 0.25) is 0 Å². The lowest BCUT2D eigenvalue weighted by Crippen LogP contribution is -2.29. The zero-order valence-corrected chi connectivity index (χ0v) is 17.8. The summed E-state index contributed by atoms with van der Waals surface area (Å²) in [6, 6.07) is 2.03. The van der Waals surface area contributed by atoms with Crippen molar-refractivity contribution >= 4 is 34.1 Å². The highest BCUT2D eigenvalue weighted by atomic mass is 32.1. The summed E-state index contributed by atoms with van der Waals surface area (Å²) in [6.45, 7) is 3.77. The number of likely N-dealkylation sites (tertiary alicyclic amines) is 1. The molecular formula is C20H22N8O2S. The van der Waals surface area contributed by atoms with Crippen molar-refractivity contribution in [3.63, 3.8) is 0 Å². The number of imidazole rings is 1. The van der Waals surface area contributed by atoms with Crippen molar-refractivity contribution in [2.45, 2.75) is 25.7 Å². The van der Waals surface area contributed by atoms with Crippen LogP contribution >= 0.6 is 11.5 Å². The molecular weight excluding hydrogens is 416 g/mol. The van der Waals surface area contributed by atoms with E-state index in [-0.39, 0.29) is 12.0 Å². The van der Waals surface area contributed by atoms with Gasteiger partial charge in [-0.15, -0.1) is 0 Å². The van der Waals surface area contributed by atoms with E-state index in [0.29, 0.717) is 25.5 Å². The van der Waals surface area contributed by atoms with Crippen molar-refractivity contribution < 1.29 is 9.53 Å². The number of anilines is 2. The molecule has 1 aliphatic rings. The number of rotatable bonds is 6. The fourth-order valence-corrected chi connectivity index (χ4v) is 4.44. The van der Waals surface area contributed by atoms with Crippen LogP contribution < -0.4 is 5.32 Å². The Bertz CT molecular complexity index is 1190. The molecule has 160 valence electrons. The standard InChI is InChI=1S/C20H22N8O2S/c1-2-7-30-20(29)27-5-3-13(12-27)15-8-17(31-26-15)25-18-19-22-11-16(14-9-23-24-10-14)28(19)6-4-21-18/h4,6,8-11,13H,2-3,5,7,12H2,1H3,(H,21,25)(H,23,24). The number of hydrogen-bond acceptors (Lipinski definition) is 8. The van der Waals surface area contributed by atoms with Gasteiger partial charge in [-0.25, -0.2) is 14.8 Å². The Morgan fingerprint density at radius 2 is 2.32 bits per heavy atom. The van der Waals surface area contributed by atoms with Gasteiger partial charge in [0.1, 0.15) is 5.00 Å². The summed E-state index contributed by atoms with van der Waals surface area (Å²) >= 11 is 1.38. The van der Waals surface area contributed by atoms with Gasteiger partial charge in [-0.2, -0.15) is 9.47 Å². The average Bonchev–Trinajstić information content (AvgIpc) is 3.57. The third-order valence-electron chi connectivity index (χ3n) is 5.29. The van der Waals surface area contributed by atoms with E-state index in [1.165, 1.54) is 11.5 Å². The van der Waals surface area contributed by atoms with Crippen LogP contribution in [0.5, 0.6) is 0 Å². The molecule has 0 bridgehead atoms. The molecule has 1 saturated heterocycles. The van der Waals surface area contributed by atoms with E-state index in [0.717, 1.165) is 40.4 Å². The summed E-state index contributed by atoms with van der Waals surface area (Å²) in [7, 11) is 0. The molecule has 0 saturated carbocycles. The zero-order valence-electron chi connectivity index (χ0n) is 17.0. The number of H-pyrrole nitrogens is 1. The number of fused-ring (bicyclic) bond motifs is 1. The first kappa shape index (κ1) is 19.5. The molecule has 10 nitrogen and oxygen atoms in total. The van der Waals surface area contributed by atoms with Crippen LogP contribution in [0.1, 0.15) is 31.4 Å². The number of aromatic amines is 1. The van der Waals surface area contributed by atoms with E-state index >= 15 is 0 Å². The number of aromatic nitrogens is 6. The van der Waals surface area contributed by atoms with Crippen LogP contribution in [0.15, 0.2) is 37.1 Å². The van der Waals surface area contributed by atoms with Gasteiger partial charge in [0.25, 0.3) is 0 Å². The number of carbonyl (C=O) groups excluding carboxylic acids is 1. The second-order valence-electron chi connectivity index (χ2n) is 7.39. The monoisotopic (exact) mass is 438 g/mol. The largest absolute Gasteiger partial charge is 0.449 e. The molecule has 4 aromatic heterocycles. The number of ether oxygens (including phenoxy) is 1. The summed E-state index contributed by atoms with van der Waals surface area (Å²) < 4.78 is 11.8. The van der Waals surface area contributed by atoms with Crippen LogP contribution in [-0.2, 0) is 4.74 Å². The third kappa shape index (κ3) is 3.83. The van der Waals surface area contributed by atoms with Crippen molar-refractivity contribution in [2.24, 2.45) is 0 Å². The lowest BCUT2D eigenvalue weighted by molar-refractivity contribution is 0.110. The van der Waals surface area contributed by atoms with Gasteiger partial charge >= 0.3 is 6.09 Å². The molecule has 11 heteroatoms. The summed E-state index contributed by atoms with van der Waals surface area (Å²) in [5.41, 5.74) is 3.58. The Morgan fingerprint density at radius 1 is 1.39 bits per heavy atom. The summed E-state index contributed by atoms with van der Waals surface area (Å²) in [4.78, 5) is 22.8. The van der Waals surface area contributed by atoms with E-state index in [9.17, 15) is 4.79 Å². The van der Waals surface area contributed by atoms with E-state index in [4.69, 9.17) is 4.74 Å². The summed E-state index contributed by atoms with van der Waals surface area (Å²) in [6.07, 6.45) is 10.5. The molecule has 0 aromatic carbocycles. The lowest BCUT2D eigenvalue weighted by Gasteiger charge is -2.15. The van der Waals surface area contributed by atoms with Gasteiger partial charge < -0.3 is 15.0 Å². The molecule has 1 aliphatic heterocycles. The zero-order chi connectivity index (χ0) is 21.2. The molecule has 0 radical (unpaired) electrons. The predicted molar refractivity (Wildman–Crippen MR) is 117 cm³/mol. The SMILES string of the molecule is CCCOC(=O)N1CCC(c2cc(Nc3nccn4c(-c5cn[nH]c5)cnc34)sn2)C1. The van der Waals surface area contributed by atoms with Crippen LogP contribution in [0.2, 0.25) is 0 Å². The minimum atomic E-state index is -0.235. The maximum Gasteiger partial charge on any atom is 0.409 e. The normalized spacial score (nSPS) is 16.2. The smallest absolute Gasteiger partial charge is 0.409 e. The van der Waals surface area contributed by atoms with Gasteiger partial charge in [-0.05, 0) is 30.4 Å². The molecule has 1 amide bonds. The average molecular weight is 439 g/mol. The minimum absolute atomic E-state index is 0.212. The minimum Gasteiger partial charge on any atom is -0.449 e. The molecule has 5 heterocycles. The molecule has 1 fully saturated rings. The third-order valence-corrected chi connectivity index (χ3v) is 6.01. The second kappa shape index (κ2) is 8.34. The topological polar surface area (TPSA) is 113 Å². The highest BCUT2D eigenvalue weighted by Crippen LogP contribution is 2.32. The quantitative estimate of drug-likeness (QED) is 0.472. The molecule has 1 atom stereocenters. The van der Waals surface area contributed by atoms with Crippen molar-refractivity contribution in [3.8, 4) is 11.3 Å². The predicted octanol–water partition coefficient (Wildman–Crippen LogP) is 3.66. The van der Waals surface area contributed by atoms with Gasteiger partial charge in [0.15, 0.2) is 11.5 Å². The van der Waals surface area contributed by atoms with Crippen molar-refractivity contribution in [1.82, 2.24) is 33.8 Å². The first-order chi connectivity index (χ1) is 15.2. The highest BCUT2D eigenvalue weighted by molar-refractivity contribution is 7.10. The maximum atomic E-state index is 12.1. The lowest BCUT2D eigenvalue weighted by atomic mass is 10.1. The Morgan fingerprint density at radius 3 is 3.16 bits per heavy atom. The number of hydrogen-bond donors (Lipinski definition) is 2. The van der Waals surface area contributed by atoms with Crippen LogP contribution in [0, 0.1) is 0 Å². The Kier molecular flexibility index (Phi) is 5.24. The Hall–Kier alpha value is -3.47. The van der Waals surface area contributed by atoms with E-state index < -0.39 is 0 Å². The number of amides is 1. The van der Waals surface area contributed by atoms with Crippen LogP contribution in [-0.4, -0.2) is 59.6 Å². The Labute approximate surface area is 182 Å². The number of nitrogens with one attached hydrogen (secondary N) is 2. The maximum absolute atomic E-state index is 12.1. The number of carbonyl (C=O) groups is 1. The van der Waals surface area contributed by atoms with Gasteiger partial charge in [0, 0.05) is 43.2 Å².